The third-order valence-electron chi connectivity index (χ3n) is 18.5. The minimum absolute atomic E-state index is 0.00371. The molecular weight excluding hydrogens is 906 g/mol. The topological polar surface area (TPSA) is 9.72 Å². The summed E-state index contributed by atoms with van der Waals surface area (Å²) in [7, 11) is 0. The van der Waals surface area contributed by atoms with Crippen LogP contribution in [-0.2, 0) is 29.1 Å². The molecule has 1 fully saturated rings. The van der Waals surface area contributed by atoms with Gasteiger partial charge < -0.3 is 14.7 Å². The van der Waals surface area contributed by atoms with Gasteiger partial charge in [-0.05, 0) is 176 Å². The summed E-state index contributed by atoms with van der Waals surface area (Å²) in [5.41, 5.74) is 28.5. The van der Waals surface area contributed by atoms with Gasteiger partial charge in [0.25, 0.3) is 6.71 Å². The predicted molar refractivity (Wildman–Crippen MR) is 320 cm³/mol. The zero-order chi connectivity index (χ0) is 51.2. The Morgan fingerprint density at radius 3 is 1.63 bits per heavy atom. The predicted octanol–water partition coefficient (Wildman–Crippen LogP) is 16.8. The number of rotatable bonds is 6. The minimum Gasteiger partial charge on any atom is -0.334 e. The Hall–Kier alpha value is -7.56. The maximum Gasteiger partial charge on any atom is 0.252 e. The Labute approximate surface area is 445 Å². The molecule has 4 heteroatoms. The van der Waals surface area contributed by atoms with Crippen molar-refractivity contribution in [3.05, 3.63) is 222 Å². The van der Waals surface area contributed by atoms with Gasteiger partial charge in [0, 0.05) is 50.8 Å². The van der Waals surface area contributed by atoms with Crippen LogP contribution in [0.1, 0.15) is 102 Å². The molecule has 368 valence electrons. The van der Waals surface area contributed by atoms with Crippen LogP contribution < -0.4 is 31.1 Å². The normalized spacial score (nSPS) is 18.9. The Bertz CT molecular complexity index is 3770. The van der Waals surface area contributed by atoms with Crippen molar-refractivity contribution in [2.75, 3.05) is 14.7 Å². The lowest BCUT2D eigenvalue weighted by atomic mass is 9.33. The highest BCUT2D eigenvalue weighted by atomic mass is 15.3. The van der Waals surface area contributed by atoms with E-state index in [-0.39, 0.29) is 28.5 Å². The first-order chi connectivity index (χ1) is 36.2. The molecule has 5 aliphatic rings. The molecule has 9 aromatic rings. The number of fused-ring (bicyclic) bond motifs is 8. The second kappa shape index (κ2) is 16.5. The first-order valence-corrected chi connectivity index (χ1v) is 27.6. The number of hydrogen-bond donors (Lipinski definition) is 0. The maximum absolute atomic E-state index is 2.79. The molecule has 3 nitrogen and oxygen atoms in total. The van der Waals surface area contributed by atoms with E-state index >= 15 is 0 Å². The van der Waals surface area contributed by atoms with Gasteiger partial charge in [-0.3, -0.25) is 0 Å². The fourth-order valence-electron chi connectivity index (χ4n) is 14.0. The van der Waals surface area contributed by atoms with E-state index in [1.165, 1.54) is 130 Å². The molecule has 3 heterocycles. The molecule has 2 aliphatic carbocycles. The van der Waals surface area contributed by atoms with Gasteiger partial charge in [0.1, 0.15) is 0 Å². The summed E-state index contributed by atoms with van der Waals surface area (Å²) in [4.78, 5) is 8.15. The van der Waals surface area contributed by atoms with Crippen molar-refractivity contribution < 1.29 is 0 Å². The number of anilines is 8. The monoisotopic (exact) mass is 972 g/mol. The van der Waals surface area contributed by atoms with Crippen molar-refractivity contribution in [3.8, 4) is 33.4 Å². The van der Waals surface area contributed by atoms with Crippen molar-refractivity contribution in [2.45, 2.75) is 109 Å². The zero-order valence-electron chi connectivity index (χ0n) is 44.9. The molecule has 0 saturated heterocycles. The zero-order valence-corrected chi connectivity index (χ0v) is 44.9. The van der Waals surface area contributed by atoms with Gasteiger partial charge in [0.05, 0.1) is 11.2 Å². The third kappa shape index (κ3) is 6.94. The Balaban J connectivity index is 1.12. The summed E-state index contributed by atoms with van der Waals surface area (Å²) in [5, 5.41) is 0. The van der Waals surface area contributed by atoms with E-state index in [1.54, 1.807) is 0 Å². The summed E-state index contributed by atoms with van der Waals surface area (Å²) in [6, 6.07) is 75.0. The Morgan fingerprint density at radius 2 is 0.987 bits per heavy atom. The molecule has 2 unspecified atom stereocenters. The Morgan fingerprint density at radius 1 is 0.413 bits per heavy atom. The third-order valence-corrected chi connectivity index (χ3v) is 18.5. The van der Waals surface area contributed by atoms with Gasteiger partial charge in [-0.1, -0.05) is 188 Å². The molecule has 75 heavy (non-hydrogen) atoms. The fraction of sp³-hybridized carbons (Fsp3) is 0.239. The highest BCUT2D eigenvalue weighted by molar-refractivity contribution is 7.00. The van der Waals surface area contributed by atoms with Crippen LogP contribution in [0.2, 0.25) is 0 Å². The van der Waals surface area contributed by atoms with Crippen LogP contribution in [0.3, 0.4) is 0 Å². The molecule has 0 aromatic heterocycles. The smallest absolute Gasteiger partial charge is 0.252 e. The summed E-state index contributed by atoms with van der Waals surface area (Å²) >= 11 is 0. The lowest BCUT2D eigenvalue weighted by Crippen LogP contribution is -2.62. The molecule has 1 saturated carbocycles. The summed E-state index contributed by atoms with van der Waals surface area (Å²) in [5.74, 6) is 0. The molecule has 0 radical (unpaired) electrons. The quantitative estimate of drug-likeness (QED) is 0.154. The number of hydrogen-bond acceptors (Lipinski definition) is 3. The number of benzene rings is 9. The number of aryl methyl sites for hydroxylation is 2. The van der Waals surface area contributed by atoms with Crippen LogP contribution in [0.4, 0.5) is 45.5 Å². The van der Waals surface area contributed by atoms with E-state index in [2.05, 4.69) is 264 Å². The molecule has 3 aliphatic heterocycles. The summed E-state index contributed by atoms with van der Waals surface area (Å²) in [6.07, 6.45) is 5.69. The first kappa shape index (κ1) is 46.0. The van der Waals surface area contributed by atoms with Gasteiger partial charge in [-0.2, -0.15) is 0 Å². The fourth-order valence-corrected chi connectivity index (χ4v) is 14.0. The van der Waals surface area contributed by atoms with Crippen LogP contribution in [0.25, 0.3) is 33.4 Å². The van der Waals surface area contributed by atoms with Crippen LogP contribution >= 0.6 is 0 Å². The van der Waals surface area contributed by atoms with Crippen molar-refractivity contribution in [3.63, 3.8) is 0 Å². The second-order valence-corrected chi connectivity index (χ2v) is 24.9. The maximum atomic E-state index is 2.79. The Kier molecular flexibility index (Phi) is 10.1. The summed E-state index contributed by atoms with van der Waals surface area (Å²) in [6.45, 7) is 19.2. The van der Waals surface area contributed by atoms with Crippen molar-refractivity contribution in [1.82, 2.24) is 0 Å². The average molecular weight is 972 g/mol. The molecule has 9 aromatic carbocycles. The molecule has 2 atom stereocenters. The van der Waals surface area contributed by atoms with Crippen LogP contribution in [-0.4, -0.2) is 12.3 Å². The van der Waals surface area contributed by atoms with Gasteiger partial charge in [0.15, 0.2) is 0 Å². The van der Waals surface area contributed by atoms with E-state index in [4.69, 9.17) is 0 Å². The van der Waals surface area contributed by atoms with E-state index in [0.717, 1.165) is 24.9 Å². The van der Waals surface area contributed by atoms with Crippen molar-refractivity contribution >= 4 is 68.6 Å². The molecule has 0 amide bonds. The molecule has 0 N–H and O–H groups in total. The van der Waals surface area contributed by atoms with Gasteiger partial charge in [-0.25, -0.2) is 0 Å². The van der Waals surface area contributed by atoms with E-state index in [0.29, 0.717) is 0 Å². The highest BCUT2D eigenvalue weighted by Gasteiger charge is 2.63. The van der Waals surface area contributed by atoms with Crippen molar-refractivity contribution in [2.24, 2.45) is 0 Å². The van der Waals surface area contributed by atoms with Crippen molar-refractivity contribution in [1.29, 1.82) is 0 Å². The van der Waals surface area contributed by atoms with Crippen LogP contribution in [0.5, 0.6) is 0 Å². The van der Waals surface area contributed by atoms with E-state index in [9.17, 15) is 0 Å². The average Bonchev–Trinajstić information content (AvgIpc) is 4.20. The first-order valence-electron chi connectivity index (χ1n) is 27.6. The SMILES string of the molecule is CC(C)(C)c1ccc(N2c3cc4c(cc3B3c5ccc(-c6ccccc6)cc5N(c5cccc(-c6ccccc6)c5)c5cc(N6c7ccc(C(C)(C)C)cc7C7(C)CCC67C)cc2c53)CCC4)c(-c2ccccc2)c1. The van der Waals surface area contributed by atoms with Crippen LogP contribution in [0.15, 0.2) is 194 Å². The minimum atomic E-state index is -0.126. The largest absolute Gasteiger partial charge is 0.334 e. The molecule has 0 bridgehead atoms. The van der Waals surface area contributed by atoms with E-state index < -0.39 is 0 Å². The van der Waals surface area contributed by atoms with Crippen LogP contribution in [0, 0.1) is 0 Å². The molecule has 14 rings (SSSR count). The lowest BCUT2D eigenvalue weighted by Gasteiger charge is -2.56. The lowest BCUT2D eigenvalue weighted by molar-refractivity contribution is 0.133. The highest BCUT2D eigenvalue weighted by Crippen LogP contribution is 2.66. The van der Waals surface area contributed by atoms with Gasteiger partial charge >= 0.3 is 0 Å². The number of nitrogens with zero attached hydrogens (tertiary/aromatic N) is 3. The summed E-state index contributed by atoms with van der Waals surface area (Å²) < 4.78 is 0. The van der Waals surface area contributed by atoms with E-state index in [1.807, 2.05) is 0 Å². The van der Waals surface area contributed by atoms with Gasteiger partial charge in [-0.15, -0.1) is 0 Å². The molecule has 0 spiro atoms. The standard InChI is InChI=1S/C71H66BN3/c1-68(2,3)53-31-34-61(57(42-53)48-24-16-11-17-25-48)74-64-40-51-27-18-26-50(51)39-60(64)72-59-33-30-52(47-22-14-10-15-23-47)41-63(59)73(55-29-19-28-49(38-55)46-20-12-9-13-21-46)65-44-56(45-66(74)67(65)72)75-62-35-32-54(69(4,5)6)43-58(62)70(7)36-37-71(70,75)8/h9-17,19-25,28-35,38-45H,18,26-27,36-37H2,1-8H3. The van der Waals surface area contributed by atoms with Gasteiger partial charge in [0.2, 0.25) is 0 Å². The second-order valence-electron chi connectivity index (χ2n) is 24.9. The molecular formula is C71H66BN3.